The van der Waals surface area contributed by atoms with Crippen molar-refractivity contribution in [2.45, 2.75) is 22.8 Å². The Morgan fingerprint density at radius 1 is 1.08 bits per heavy atom. The molecule has 2 aliphatic rings. The number of nitrogens with zero attached hydrogens (tertiary/aromatic N) is 5. The number of hydrogen-bond acceptors (Lipinski definition) is 8. The van der Waals surface area contributed by atoms with Gasteiger partial charge >= 0.3 is 0 Å². The minimum absolute atomic E-state index is 0.00839. The van der Waals surface area contributed by atoms with Crippen LogP contribution in [0.2, 0.25) is 0 Å². The number of ether oxygens (including phenoxy) is 2. The van der Waals surface area contributed by atoms with E-state index in [0.29, 0.717) is 42.4 Å². The van der Waals surface area contributed by atoms with Crippen LogP contribution in [0.1, 0.15) is 23.2 Å². The summed E-state index contributed by atoms with van der Waals surface area (Å²) in [6.07, 6.45) is 5.80. The summed E-state index contributed by atoms with van der Waals surface area (Å²) in [4.78, 5) is 30.0. The number of halogens is 1. The van der Waals surface area contributed by atoms with Crippen molar-refractivity contribution in [1.82, 2.24) is 19.9 Å². The second-order valence-corrected chi connectivity index (χ2v) is 11.7. The maximum atomic E-state index is 12.3. The Kier molecular flexibility index (Phi) is 7.04. The van der Waals surface area contributed by atoms with Crippen molar-refractivity contribution in [3.05, 3.63) is 48.3 Å². The lowest BCUT2D eigenvalue weighted by Crippen LogP contribution is -2.44. The van der Waals surface area contributed by atoms with Gasteiger partial charge in [0, 0.05) is 54.5 Å². The molecule has 0 unspecified atom stereocenters. The Morgan fingerprint density at radius 3 is 2.56 bits per heavy atom. The number of aromatic nitrogens is 3. The van der Waals surface area contributed by atoms with E-state index in [9.17, 15) is 4.79 Å². The number of benzene rings is 1. The molecule has 1 saturated carbocycles. The van der Waals surface area contributed by atoms with Gasteiger partial charge in [0.2, 0.25) is 5.95 Å². The number of amides is 1. The second-order valence-electron chi connectivity index (χ2n) is 9.04. The number of carbonyl (C=O) groups excluding carboxylic acids is 1. The molecule has 1 aliphatic carbocycles. The number of hydrogen-bond donors (Lipinski definition) is 1. The molecule has 3 heterocycles. The van der Waals surface area contributed by atoms with E-state index in [1.165, 1.54) is 0 Å². The van der Waals surface area contributed by atoms with Gasteiger partial charge in [-0.05, 0) is 30.5 Å². The molecule has 0 spiro atoms. The quantitative estimate of drug-likeness (QED) is 0.320. The van der Waals surface area contributed by atoms with Crippen molar-refractivity contribution in [2.75, 3.05) is 44.6 Å². The smallest absolute Gasteiger partial charge is 0.257 e. The first-order valence-electron chi connectivity index (χ1n) is 11.7. The van der Waals surface area contributed by atoms with E-state index >= 15 is 0 Å². The molecule has 9 nitrogen and oxygen atoms in total. The molecular formula is C26H29IN6O3. The fraction of sp³-hybridized carbons (Fsp3) is 0.346. The molecule has 0 bridgehead atoms. The summed E-state index contributed by atoms with van der Waals surface area (Å²) in [5, 5.41) is 3.26. The van der Waals surface area contributed by atoms with E-state index in [1.807, 2.05) is 36.5 Å². The minimum Gasteiger partial charge on any atom is -0.484 e. The highest BCUT2D eigenvalue weighted by Crippen LogP contribution is 2.39. The molecule has 1 N–H and O–H groups in total. The maximum Gasteiger partial charge on any atom is 0.257 e. The van der Waals surface area contributed by atoms with Crippen LogP contribution in [0.15, 0.2) is 42.7 Å². The normalized spacial score (nSPS) is 18.2. The van der Waals surface area contributed by atoms with Gasteiger partial charge in [-0.15, -0.1) is 20.7 Å². The van der Waals surface area contributed by atoms with Crippen LogP contribution in [0, 0.1) is 0 Å². The molecule has 36 heavy (non-hydrogen) atoms. The maximum absolute atomic E-state index is 12.3. The van der Waals surface area contributed by atoms with Crippen LogP contribution in [0.5, 0.6) is 11.6 Å². The predicted molar refractivity (Wildman–Crippen MR) is 150 cm³/mol. The van der Waals surface area contributed by atoms with Gasteiger partial charge in [0.25, 0.3) is 11.8 Å². The van der Waals surface area contributed by atoms with E-state index in [0.717, 1.165) is 39.4 Å². The first-order valence-corrected chi connectivity index (χ1v) is 14.5. The molecule has 1 aliphatic heterocycles. The van der Waals surface area contributed by atoms with Crippen LogP contribution in [0.4, 0.5) is 17.5 Å². The van der Waals surface area contributed by atoms with E-state index in [1.54, 1.807) is 25.2 Å². The lowest BCUT2D eigenvalue weighted by atomic mass is 9.91. The zero-order valence-corrected chi connectivity index (χ0v) is 22.7. The number of pyridine rings is 1. The van der Waals surface area contributed by atoms with E-state index < -0.39 is 0 Å². The number of rotatable bonds is 7. The summed E-state index contributed by atoms with van der Waals surface area (Å²) < 4.78 is 16.1. The Bertz CT molecular complexity index is 1280. The molecule has 1 aromatic carbocycles. The Morgan fingerprint density at radius 2 is 1.83 bits per heavy atom. The SMILES string of the molecule is C=IC1CC(N(C)c2nc(Nc3cnc4c(c3)OCCO4)ncc2-c2ccc(C(=O)N(C)C)cc2)C1. The third-order valence-electron chi connectivity index (χ3n) is 6.43. The zero-order valence-electron chi connectivity index (χ0n) is 20.6. The van der Waals surface area contributed by atoms with E-state index in [4.69, 9.17) is 14.5 Å². The fourth-order valence-corrected chi connectivity index (χ4v) is 6.12. The highest BCUT2D eigenvalue weighted by molar-refractivity contribution is 14.2. The van der Waals surface area contributed by atoms with Gasteiger partial charge in [-0.1, -0.05) is 16.6 Å². The largest absolute Gasteiger partial charge is 0.484 e. The third-order valence-corrected chi connectivity index (χ3v) is 8.69. The topological polar surface area (TPSA) is 92.7 Å². The summed E-state index contributed by atoms with van der Waals surface area (Å²) in [6.45, 7) is 0.991. The summed E-state index contributed by atoms with van der Waals surface area (Å²) in [7, 11) is 5.59. The number of nitrogens with one attached hydrogen (secondary N) is 1. The monoisotopic (exact) mass is 600 g/mol. The molecule has 3 aromatic rings. The Labute approximate surface area is 220 Å². The summed E-state index contributed by atoms with van der Waals surface area (Å²) in [6, 6.07) is 9.87. The molecule has 5 rings (SSSR count). The van der Waals surface area contributed by atoms with Gasteiger partial charge in [0.15, 0.2) is 5.75 Å². The average Bonchev–Trinajstić information content (AvgIpc) is 2.87. The van der Waals surface area contributed by atoms with Crippen molar-refractivity contribution in [3.63, 3.8) is 0 Å². The third kappa shape index (κ3) is 4.99. The van der Waals surface area contributed by atoms with Gasteiger partial charge in [-0.3, -0.25) is 4.79 Å². The van der Waals surface area contributed by atoms with Crippen molar-refractivity contribution >= 4 is 48.6 Å². The van der Waals surface area contributed by atoms with E-state index in [-0.39, 0.29) is 26.6 Å². The lowest BCUT2D eigenvalue weighted by molar-refractivity contribution is 0.0827. The number of anilines is 3. The molecule has 0 radical (unpaired) electrons. The van der Waals surface area contributed by atoms with Crippen molar-refractivity contribution in [3.8, 4) is 22.8 Å². The number of carbonyl (C=O) groups is 1. The van der Waals surface area contributed by atoms with Gasteiger partial charge in [0.05, 0.1) is 11.9 Å². The first kappa shape index (κ1) is 24.4. The van der Waals surface area contributed by atoms with Crippen LogP contribution in [-0.4, -0.2) is 74.6 Å². The first-order chi connectivity index (χ1) is 17.4. The molecule has 2 aromatic heterocycles. The van der Waals surface area contributed by atoms with Crippen LogP contribution in [0.3, 0.4) is 0 Å². The predicted octanol–water partition coefficient (Wildman–Crippen LogP) is 4.13. The molecule has 0 saturated heterocycles. The van der Waals surface area contributed by atoms with Crippen LogP contribution in [-0.2, 0) is 0 Å². The van der Waals surface area contributed by atoms with Crippen molar-refractivity contribution in [2.24, 2.45) is 0 Å². The Hall–Kier alpha value is -3.28. The molecular weight excluding hydrogens is 571 g/mol. The van der Waals surface area contributed by atoms with Crippen LogP contribution < -0.4 is 19.7 Å². The van der Waals surface area contributed by atoms with Gasteiger partial charge in [-0.2, -0.15) is 4.98 Å². The molecule has 1 amide bonds. The standard InChI is InChI=1S/C26H29IN6O3/c1-27-18-11-20(12-18)33(4)23-21(16-5-7-17(8-6-16)25(34)32(2)3)15-29-26(31-23)30-19-13-22-24(28-14-19)36-10-9-35-22/h5-8,13-15,18,20H,1,9-12H2,2-4H3,(H,29,30,31). The van der Waals surface area contributed by atoms with Crippen molar-refractivity contribution in [1.29, 1.82) is 0 Å². The summed E-state index contributed by atoms with van der Waals surface area (Å²) in [5.74, 6) is 2.38. The fourth-order valence-electron chi connectivity index (χ4n) is 4.22. The highest BCUT2D eigenvalue weighted by atomic mass is 127. The molecule has 1 fully saturated rings. The van der Waals surface area contributed by atoms with Gasteiger partial charge in [0.1, 0.15) is 19.0 Å². The lowest BCUT2D eigenvalue weighted by Gasteiger charge is -2.40. The molecule has 10 heteroatoms. The van der Waals surface area contributed by atoms with Gasteiger partial charge in [-0.25, -0.2) is 9.97 Å². The van der Waals surface area contributed by atoms with Gasteiger partial charge < -0.3 is 24.6 Å². The zero-order chi connectivity index (χ0) is 25.2. The minimum atomic E-state index is -0.0280. The van der Waals surface area contributed by atoms with Crippen molar-refractivity contribution < 1.29 is 14.3 Å². The summed E-state index contributed by atoms with van der Waals surface area (Å²) >= 11 is 0.00839. The molecule has 188 valence electrons. The van der Waals surface area contributed by atoms with E-state index in [2.05, 4.69) is 31.7 Å². The number of alkyl halides is 1. The average molecular weight is 600 g/mol. The molecule has 0 atom stereocenters. The Balaban J connectivity index is 1.46. The highest BCUT2D eigenvalue weighted by Gasteiger charge is 2.32. The summed E-state index contributed by atoms with van der Waals surface area (Å²) in [5.41, 5.74) is 3.24. The second kappa shape index (κ2) is 10.4. The number of fused-ring (bicyclic) bond motifs is 1. The van der Waals surface area contributed by atoms with Crippen LogP contribution in [0.25, 0.3) is 11.1 Å². The van der Waals surface area contributed by atoms with Crippen LogP contribution >= 0.6 is 20.7 Å².